The number of ether oxygens (including phenoxy) is 3. The molecule has 7 nitrogen and oxygen atoms in total. The summed E-state index contributed by atoms with van der Waals surface area (Å²) in [6.07, 6.45) is 1.43. The molecule has 0 atom stereocenters. The van der Waals surface area contributed by atoms with E-state index in [0.29, 0.717) is 28.1 Å². The highest BCUT2D eigenvalue weighted by Crippen LogP contribution is 2.34. The van der Waals surface area contributed by atoms with Gasteiger partial charge in [0.2, 0.25) is 0 Å². The number of halogens is 1. The van der Waals surface area contributed by atoms with Crippen molar-refractivity contribution in [3.05, 3.63) is 46.4 Å². The van der Waals surface area contributed by atoms with Crippen molar-refractivity contribution in [2.75, 3.05) is 20.3 Å². The molecule has 2 aromatic carbocycles. The third kappa shape index (κ3) is 5.66. The monoisotopic (exact) mass is 422 g/mol. The molecule has 0 saturated carbocycles. The lowest BCUT2D eigenvalue weighted by Crippen LogP contribution is -2.24. The average Bonchev–Trinajstić information content (AvgIpc) is 2.64. The smallest absolute Gasteiger partial charge is 0.277 e. The van der Waals surface area contributed by atoms with E-state index in [-0.39, 0.29) is 12.4 Å². The van der Waals surface area contributed by atoms with Gasteiger partial charge < -0.3 is 19.3 Å². The van der Waals surface area contributed by atoms with Gasteiger partial charge in [0.15, 0.2) is 18.1 Å². The summed E-state index contributed by atoms with van der Waals surface area (Å²) in [5.41, 5.74) is 3.01. The Bertz CT molecular complexity index is 778. The molecule has 0 aliphatic rings. The standard InChI is InChI=1S/C18H19BrN2O5/c1-3-25-13-4-6-14(7-5-13)26-11-17(22)21-20-10-12-8-15(19)18(23)16(9-12)24-2/h4-10,23H,3,11H2,1-2H3,(H,21,22)/b20-10-. The molecule has 2 aromatic rings. The molecule has 0 saturated heterocycles. The quantitative estimate of drug-likeness (QED) is 0.503. The van der Waals surface area contributed by atoms with Crippen LogP contribution in [-0.2, 0) is 4.79 Å². The summed E-state index contributed by atoms with van der Waals surface area (Å²) in [7, 11) is 1.45. The minimum absolute atomic E-state index is 0.00237. The number of nitrogens with zero attached hydrogens (tertiary/aromatic N) is 1. The zero-order valence-electron chi connectivity index (χ0n) is 14.4. The van der Waals surface area contributed by atoms with Crippen molar-refractivity contribution in [1.82, 2.24) is 5.43 Å². The van der Waals surface area contributed by atoms with Crippen molar-refractivity contribution < 1.29 is 24.1 Å². The fourth-order valence-electron chi connectivity index (χ4n) is 1.98. The highest BCUT2D eigenvalue weighted by Gasteiger charge is 2.07. The third-order valence-corrected chi connectivity index (χ3v) is 3.78. The number of amides is 1. The first-order valence-corrected chi connectivity index (χ1v) is 8.56. The van der Waals surface area contributed by atoms with E-state index >= 15 is 0 Å². The van der Waals surface area contributed by atoms with Gasteiger partial charge in [-0.3, -0.25) is 4.79 Å². The van der Waals surface area contributed by atoms with Gasteiger partial charge in [-0.05, 0) is 64.8 Å². The van der Waals surface area contributed by atoms with E-state index in [9.17, 15) is 9.90 Å². The molecule has 0 spiro atoms. The van der Waals surface area contributed by atoms with Crippen LogP contribution in [0, 0.1) is 0 Å². The highest BCUT2D eigenvalue weighted by atomic mass is 79.9. The SMILES string of the molecule is CCOc1ccc(OCC(=O)N/N=C\c2cc(Br)c(O)c(OC)c2)cc1. The Balaban J connectivity index is 1.84. The summed E-state index contributed by atoms with van der Waals surface area (Å²) in [5, 5.41) is 13.6. The van der Waals surface area contributed by atoms with E-state index in [0.717, 1.165) is 5.75 Å². The maximum absolute atomic E-state index is 11.8. The van der Waals surface area contributed by atoms with Crippen LogP contribution in [0.25, 0.3) is 0 Å². The van der Waals surface area contributed by atoms with E-state index in [4.69, 9.17) is 14.2 Å². The number of methoxy groups -OCH3 is 1. The molecule has 1 amide bonds. The number of hydrogen-bond acceptors (Lipinski definition) is 6. The van der Waals surface area contributed by atoms with Crippen molar-refractivity contribution in [2.24, 2.45) is 5.10 Å². The van der Waals surface area contributed by atoms with Crippen molar-refractivity contribution in [1.29, 1.82) is 0 Å². The lowest BCUT2D eigenvalue weighted by atomic mass is 10.2. The Kier molecular flexibility index (Phi) is 7.28. The Morgan fingerprint density at radius 1 is 1.23 bits per heavy atom. The summed E-state index contributed by atoms with van der Waals surface area (Å²) in [6, 6.07) is 10.2. The number of rotatable bonds is 8. The minimum atomic E-state index is -0.403. The van der Waals surface area contributed by atoms with Crippen LogP contribution in [0.2, 0.25) is 0 Å². The number of benzene rings is 2. The number of hydrazone groups is 1. The molecule has 0 aliphatic heterocycles. The Labute approximate surface area is 159 Å². The largest absolute Gasteiger partial charge is 0.503 e. The van der Waals surface area contributed by atoms with Gasteiger partial charge in [-0.2, -0.15) is 5.10 Å². The Morgan fingerprint density at radius 2 is 1.88 bits per heavy atom. The van der Waals surface area contributed by atoms with Gasteiger partial charge in [0.05, 0.1) is 24.4 Å². The second kappa shape index (κ2) is 9.67. The molecular formula is C18H19BrN2O5. The van der Waals surface area contributed by atoms with Crippen molar-refractivity contribution in [3.63, 3.8) is 0 Å². The van der Waals surface area contributed by atoms with Crippen LogP contribution in [0.4, 0.5) is 0 Å². The van der Waals surface area contributed by atoms with Gasteiger partial charge in [-0.15, -0.1) is 0 Å². The van der Waals surface area contributed by atoms with Gasteiger partial charge in [0.25, 0.3) is 5.91 Å². The zero-order chi connectivity index (χ0) is 18.9. The van der Waals surface area contributed by atoms with Crippen LogP contribution in [0.3, 0.4) is 0 Å². The Hall–Kier alpha value is -2.74. The lowest BCUT2D eigenvalue weighted by molar-refractivity contribution is -0.123. The molecule has 0 aliphatic carbocycles. The van der Waals surface area contributed by atoms with Crippen LogP contribution in [0.15, 0.2) is 46.0 Å². The van der Waals surface area contributed by atoms with Gasteiger partial charge in [0.1, 0.15) is 11.5 Å². The van der Waals surface area contributed by atoms with E-state index in [1.807, 2.05) is 6.92 Å². The molecule has 0 radical (unpaired) electrons. The van der Waals surface area contributed by atoms with Crippen LogP contribution >= 0.6 is 15.9 Å². The van der Waals surface area contributed by atoms with E-state index in [2.05, 4.69) is 26.5 Å². The van der Waals surface area contributed by atoms with Gasteiger partial charge in [-0.25, -0.2) is 5.43 Å². The highest BCUT2D eigenvalue weighted by molar-refractivity contribution is 9.10. The molecule has 0 fully saturated rings. The maximum atomic E-state index is 11.8. The predicted octanol–water partition coefficient (Wildman–Crippen LogP) is 3.09. The molecule has 8 heteroatoms. The molecule has 0 heterocycles. The molecule has 2 rings (SSSR count). The van der Waals surface area contributed by atoms with Crippen LogP contribution < -0.4 is 19.6 Å². The number of aromatic hydroxyl groups is 1. The van der Waals surface area contributed by atoms with E-state index in [1.165, 1.54) is 13.3 Å². The summed E-state index contributed by atoms with van der Waals surface area (Å²) in [5.74, 6) is 1.19. The summed E-state index contributed by atoms with van der Waals surface area (Å²) < 4.78 is 16.2. The molecule has 0 aromatic heterocycles. The van der Waals surface area contributed by atoms with Crippen LogP contribution in [0.1, 0.15) is 12.5 Å². The summed E-state index contributed by atoms with van der Waals surface area (Å²) >= 11 is 3.22. The van der Waals surface area contributed by atoms with Gasteiger partial charge in [0, 0.05) is 0 Å². The lowest BCUT2D eigenvalue weighted by Gasteiger charge is -2.07. The molecule has 2 N–H and O–H groups in total. The Morgan fingerprint density at radius 3 is 2.50 bits per heavy atom. The average molecular weight is 423 g/mol. The first-order valence-electron chi connectivity index (χ1n) is 7.77. The van der Waals surface area contributed by atoms with Gasteiger partial charge >= 0.3 is 0 Å². The van der Waals surface area contributed by atoms with E-state index in [1.54, 1.807) is 36.4 Å². The first kappa shape index (κ1) is 19.6. The second-order valence-corrected chi connectivity index (χ2v) is 5.89. The molecular weight excluding hydrogens is 404 g/mol. The number of nitrogens with one attached hydrogen (secondary N) is 1. The predicted molar refractivity (Wildman–Crippen MR) is 101 cm³/mol. The zero-order valence-corrected chi connectivity index (χ0v) is 15.9. The first-order chi connectivity index (χ1) is 12.5. The fraction of sp³-hybridized carbons (Fsp3) is 0.222. The van der Waals surface area contributed by atoms with Crippen LogP contribution in [-0.4, -0.2) is 37.6 Å². The minimum Gasteiger partial charge on any atom is -0.503 e. The number of carbonyl (C=O) groups excluding carboxylic acids is 1. The number of hydrogen-bond donors (Lipinski definition) is 2. The summed E-state index contributed by atoms with van der Waals surface area (Å²) in [6.45, 7) is 2.32. The van der Waals surface area contributed by atoms with E-state index < -0.39 is 5.91 Å². The molecule has 0 unspecified atom stereocenters. The topological polar surface area (TPSA) is 89.4 Å². The van der Waals surface area contributed by atoms with Crippen molar-refractivity contribution in [3.8, 4) is 23.0 Å². The third-order valence-electron chi connectivity index (χ3n) is 3.18. The molecule has 26 heavy (non-hydrogen) atoms. The fourth-order valence-corrected chi connectivity index (χ4v) is 2.44. The summed E-state index contributed by atoms with van der Waals surface area (Å²) in [4.78, 5) is 11.8. The number of carbonyl (C=O) groups is 1. The van der Waals surface area contributed by atoms with Crippen LogP contribution in [0.5, 0.6) is 23.0 Å². The second-order valence-electron chi connectivity index (χ2n) is 5.04. The normalized spacial score (nSPS) is 10.6. The number of phenols is 1. The molecule has 138 valence electrons. The number of phenolic OH excluding ortho intramolecular Hbond substituents is 1. The maximum Gasteiger partial charge on any atom is 0.277 e. The molecule has 0 bridgehead atoms. The van der Waals surface area contributed by atoms with Gasteiger partial charge in [-0.1, -0.05) is 0 Å². The van der Waals surface area contributed by atoms with Crippen molar-refractivity contribution in [2.45, 2.75) is 6.92 Å². The van der Waals surface area contributed by atoms with Crippen molar-refractivity contribution >= 4 is 28.1 Å².